The summed E-state index contributed by atoms with van der Waals surface area (Å²) in [6, 6.07) is 0. The molecule has 1 aliphatic heterocycles. The first-order valence-electron chi connectivity index (χ1n) is 6.59. The first-order valence-corrected chi connectivity index (χ1v) is 6.59. The van der Waals surface area contributed by atoms with Crippen LogP contribution >= 0.6 is 24.8 Å². The van der Waals surface area contributed by atoms with Gasteiger partial charge in [-0.15, -0.1) is 24.8 Å². The van der Waals surface area contributed by atoms with Crippen LogP contribution in [-0.2, 0) is 7.05 Å². The number of aryl methyl sites for hydroxylation is 1. The van der Waals surface area contributed by atoms with Crippen molar-refractivity contribution < 1.29 is 0 Å². The van der Waals surface area contributed by atoms with Crippen LogP contribution in [0, 0.1) is 0 Å². The van der Waals surface area contributed by atoms with Gasteiger partial charge in [0, 0.05) is 46.3 Å². The van der Waals surface area contributed by atoms with Crippen LogP contribution in [0.4, 0.5) is 5.82 Å². The Labute approximate surface area is 136 Å². The SMILES string of the molecule is Cl.Cl.Cn1ncc2c(N3CCN(CCN)CC3)ncnc21. The monoisotopic (exact) mass is 333 g/mol. The molecule has 1 aliphatic rings. The van der Waals surface area contributed by atoms with E-state index in [9.17, 15) is 0 Å². The van der Waals surface area contributed by atoms with E-state index in [2.05, 4.69) is 24.9 Å². The first-order chi connectivity index (χ1) is 9.29. The number of fused-ring (bicyclic) bond motifs is 1. The van der Waals surface area contributed by atoms with Gasteiger partial charge in [0.25, 0.3) is 0 Å². The van der Waals surface area contributed by atoms with Crippen LogP contribution < -0.4 is 10.6 Å². The zero-order valence-electron chi connectivity index (χ0n) is 12.0. The van der Waals surface area contributed by atoms with E-state index in [-0.39, 0.29) is 24.8 Å². The van der Waals surface area contributed by atoms with Crippen molar-refractivity contribution in [3.8, 4) is 0 Å². The third kappa shape index (κ3) is 3.55. The average molecular weight is 334 g/mol. The van der Waals surface area contributed by atoms with Crippen molar-refractivity contribution in [1.29, 1.82) is 0 Å². The lowest BCUT2D eigenvalue weighted by molar-refractivity contribution is 0.264. The molecule has 118 valence electrons. The number of piperazine rings is 1. The zero-order chi connectivity index (χ0) is 13.2. The van der Waals surface area contributed by atoms with Crippen molar-refractivity contribution in [1.82, 2.24) is 24.6 Å². The third-order valence-corrected chi connectivity index (χ3v) is 3.63. The van der Waals surface area contributed by atoms with E-state index < -0.39 is 0 Å². The van der Waals surface area contributed by atoms with E-state index in [0.29, 0.717) is 0 Å². The number of nitrogens with two attached hydrogens (primary N) is 1. The number of nitrogens with zero attached hydrogens (tertiary/aromatic N) is 6. The van der Waals surface area contributed by atoms with Gasteiger partial charge in [0.05, 0.1) is 11.6 Å². The van der Waals surface area contributed by atoms with Gasteiger partial charge in [-0.25, -0.2) is 9.97 Å². The first kappa shape index (κ1) is 17.9. The van der Waals surface area contributed by atoms with Gasteiger partial charge in [0.1, 0.15) is 12.1 Å². The topological polar surface area (TPSA) is 76.1 Å². The molecule has 1 fully saturated rings. The van der Waals surface area contributed by atoms with E-state index in [0.717, 1.165) is 56.1 Å². The Morgan fingerprint density at radius 2 is 1.86 bits per heavy atom. The Balaban J connectivity index is 0.00000110. The van der Waals surface area contributed by atoms with Gasteiger partial charge in [0.15, 0.2) is 5.65 Å². The van der Waals surface area contributed by atoms with E-state index in [4.69, 9.17) is 5.73 Å². The maximum Gasteiger partial charge on any atom is 0.163 e. The van der Waals surface area contributed by atoms with Crippen LogP contribution in [0.2, 0.25) is 0 Å². The minimum atomic E-state index is 0. The van der Waals surface area contributed by atoms with Crippen LogP contribution in [-0.4, -0.2) is 63.9 Å². The average Bonchev–Trinajstić information content (AvgIpc) is 2.82. The summed E-state index contributed by atoms with van der Waals surface area (Å²) in [5.41, 5.74) is 6.48. The van der Waals surface area contributed by atoms with E-state index in [1.165, 1.54) is 0 Å². The normalized spacial score (nSPS) is 15.6. The van der Waals surface area contributed by atoms with Crippen LogP contribution in [0.1, 0.15) is 0 Å². The molecule has 0 radical (unpaired) electrons. The van der Waals surface area contributed by atoms with Crippen molar-refractivity contribution >= 4 is 41.7 Å². The van der Waals surface area contributed by atoms with Crippen LogP contribution in [0.5, 0.6) is 0 Å². The lowest BCUT2D eigenvalue weighted by atomic mass is 10.3. The summed E-state index contributed by atoms with van der Waals surface area (Å²) < 4.78 is 1.78. The maximum absolute atomic E-state index is 5.60. The van der Waals surface area contributed by atoms with Gasteiger partial charge in [-0.05, 0) is 0 Å². The molecule has 0 amide bonds. The molecule has 3 rings (SSSR count). The van der Waals surface area contributed by atoms with Gasteiger partial charge < -0.3 is 10.6 Å². The van der Waals surface area contributed by atoms with Gasteiger partial charge in [0.2, 0.25) is 0 Å². The zero-order valence-corrected chi connectivity index (χ0v) is 13.6. The second-order valence-corrected chi connectivity index (χ2v) is 4.82. The van der Waals surface area contributed by atoms with E-state index in [1.807, 2.05) is 13.2 Å². The van der Waals surface area contributed by atoms with Crippen LogP contribution in [0.3, 0.4) is 0 Å². The number of rotatable bonds is 3. The molecule has 7 nitrogen and oxygen atoms in total. The minimum absolute atomic E-state index is 0. The molecule has 21 heavy (non-hydrogen) atoms. The molecule has 3 heterocycles. The fraction of sp³-hybridized carbons (Fsp3) is 0.583. The van der Waals surface area contributed by atoms with Gasteiger partial charge in [-0.2, -0.15) is 5.10 Å². The van der Waals surface area contributed by atoms with Crippen molar-refractivity contribution in [2.45, 2.75) is 0 Å². The number of hydrogen-bond acceptors (Lipinski definition) is 6. The highest BCUT2D eigenvalue weighted by molar-refractivity contribution is 5.86. The Morgan fingerprint density at radius 1 is 1.14 bits per heavy atom. The molecule has 0 saturated carbocycles. The molecule has 2 N–H and O–H groups in total. The number of aromatic nitrogens is 4. The second-order valence-electron chi connectivity index (χ2n) is 4.82. The predicted octanol–water partition coefficient (Wildman–Crippen LogP) is 0.288. The molecule has 2 aromatic rings. The summed E-state index contributed by atoms with van der Waals surface area (Å²) in [6.07, 6.45) is 3.46. The quantitative estimate of drug-likeness (QED) is 0.869. The Morgan fingerprint density at radius 3 is 2.52 bits per heavy atom. The lowest BCUT2D eigenvalue weighted by Crippen LogP contribution is -2.48. The molecule has 1 saturated heterocycles. The number of anilines is 1. The summed E-state index contributed by atoms with van der Waals surface area (Å²) >= 11 is 0. The summed E-state index contributed by atoms with van der Waals surface area (Å²) in [6.45, 7) is 5.70. The lowest BCUT2D eigenvalue weighted by Gasteiger charge is -2.35. The van der Waals surface area contributed by atoms with Crippen LogP contribution in [0.15, 0.2) is 12.5 Å². The molecule has 9 heteroatoms. The highest BCUT2D eigenvalue weighted by Gasteiger charge is 2.20. The predicted molar refractivity (Wildman–Crippen MR) is 88.5 cm³/mol. The smallest absolute Gasteiger partial charge is 0.163 e. The van der Waals surface area contributed by atoms with E-state index >= 15 is 0 Å². The molecule has 0 bridgehead atoms. The highest BCUT2D eigenvalue weighted by atomic mass is 35.5. The van der Waals surface area contributed by atoms with Crippen molar-refractivity contribution in [3.63, 3.8) is 0 Å². The molecular weight excluding hydrogens is 313 g/mol. The minimum Gasteiger partial charge on any atom is -0.353 e. The largest absolute Gasteiger partial charge is 0.353 e. The molecule has 0 aliphatic carbocycles. The second kappa shape index (κ2) is 7.74. The number of hydrogen-bond donors (Lipinski definition) is 1. The number of halogens is 2. The van der Waals surface area contributed by atoms with Gasteiger partial charge in [-0.1, -0.05) is 0 Å². The third-order valence-electron chi connectivity index (χ3n) is 3.63. The highest BCUT2D eigenvalue weighted by Crippen LogP contribution is 2.22. The summed E-state index contributed by atoms with van der Waals surface area (Å²) in [5, 5.41) is 5.28. The van der Waals surface area contributed by atoms with Gasteiger partial charge >= 0.3 is 0 Å². The summed E-state index contributed by atoms with van der Waals surface area (Å²) in [4.78, 5) is 13.4. The molecular formula is C12H21Cl2N7. The van der Waals surface area contributed by atoms with Gasteiger partial charge in [-0.3, -0.25) is 9.58 Å². The molecule has 0 atom stereocenters. The van der Waals surface area contributed by atoms with Crippen molar-refractivity contribution in [3.05, 3.63) is 12.5 Å². The van der Waals surface area contributed by atoms with Crippen LogP contribution in [0.25, 0.3) is 11.0 Å². The maximum atomic E-state index is 5.60. The Hall–Kier alpha value is -1.15. The molecule has 2 aromatic heterocycles. The van der Waals surface area contributed by atoms with Crippen molar-refractivity contribution in [2.75, 3.05) is 44.2 Å². The van der Waals surface area contributed by atoms with Crippen molar-refractivity contribution in [2.24, 2.45) is 12.8 Å². The summed E-state index contributed by atoms with van der Waals surface area (Å²) in [7, 11) is 1.90. The fourth-order valence-corrected chi connectivity index (χ4v) is 2.57. The standard InChI is InChI=1S/C12H19N7.2ClH/c1-17-11-10(8-16-17)12(15-9-14-11)19-6-4-18(3-2-13)5-7-19;;/h8-9H,2-7,13H2,1H3;2*1H. The Kier molecular flexibility index (Phi) is 6.60. The molecule has 0 aromatic carbocycles. The molecule has 0 spiro atoms. The van der Waals surface area contributed by atoms with E-state index in [1.54, 1.807) is 11.0 Å². The fourth-order valence-electron chi connectivity index (χ4n) is 2.57. The molecule has 0 unspecified atom stereocenters. The Bertz CT molecular complexity index is 566. The summed E-state index contributed by atoms with van der Waals surface area (Å²) in [5.74, 6) is 0.991.